The van der Waals surface area contributed by atoms with Crippen LogP contribution in [-0.2, 0) is 11.2 Å². The molecule has 1 aliphatic heterocycles. The van der Waals surface area contributed by atoms with Gasteiger partial charge in [0.25, 0.3) is 0 Å². The molecule has 1 unspecified atom stereocenters. The van der Waals surface area contributed by atoms with E-state index < -0.39 is 0 Å². The molecule has 0 radical (unpaired) electrons. The molecule has 0 fully saturated rings. The van der Waals surface area contributed by atoms with Crippen LogP contribution in [0.25, 0.3) is 6.08 Å². The molecule has 3 rings (SSSR count). The highest BCUT2D eigenvalue weighted by Gasteiger charge is 2.26. The fourth-order valence-electron chi connectivity index (χ4n) is 2.85. The number of aryl methyl sites for hydroxylation is 1. The van der Waals surface area contributed by atoms with Gasteiger partial charge in [-0.2, -0.15) is 0 Å². The quantitative estimate of drug-likeness (QED) is 0.760. The SMILES string of the molecule is Cc1cccc(/C=C/C(=O)N2CCc3sccc3C2C)c1. The molecule has 0 saturated carbocycles. The van der Waals surface area contributed by atoms with Gasteiger partial charge in [0.2, 0.25) is 5.91 Å². The number of fused-ring (bicyclic) bond motifs is 1. The summed E-state index contributed by atoms with van der Waals surface area (Å²) in [4.78, 5) is 15.8. The Balaban J connectivity index is 1.74. The van der Waals surface area contributed by atoms with Gasteiger partial charge in [-0.15, -0.1) is 11.3 Å². The van der Waals surface area contributed by atoms with Crippen LogP contribution in [0.5, 0.6) is 0 Å². The molecule has 0 spiro atoms. The first kappa shape index (κ1) is 14.1. The molecule has 0 aliphatic carbocycles. The smallest absolute Gasteiger partial charge is 0.247 e. The van der Waals surface area contributed by atoms with Crippen LogP contribution in [0.15, 0.2) is 41.8 Å². The van der Waals surface area contributed by atoms with E-state index in [1.54, 1.807) is 17.4 Å². The molecule has 0 saturated heterocycles. The highest BCUT2D eigenvalue weighted by molar-refractivity contribution is 7.10. The van der Waals surface area contributed by atoms with E-state index in [4.69, 9.17) is 0 Å². The molecule has 1 aromatic carbocycles. The average molecular weight is 297 g/mol. The van der Waals surface area contributed by atoms with Crippen molar-refractivity contribution in [2.24, 2.45) is 0 Å². The lowest BCUT2D eigenvalue weighted by Gasteiger charge is -2.32. The molecule has 1 atom stereocenters. The molecular weight excluding hydrogens is 278 g/mol. The van der Waals surface area contributed by atoms with Crippen LogP contribution in [0.1, 0.15) is 34.5 Å². The lowest BCUT2D eigenvalue weighted by molar-refractivity contribution is -0.128. The number of thiophene rings is 1. The van der Waals surface area contributed by atoms with Crippen molar-refractivity contribution < 1.29 is 4.79 Å². The first-order chi connectivity index (χ1) is 10.1. The summed E-state index contributed by atoms with van der Waals surface area (Å²) >= 11 is 1.80. The van der Waals surface area contributed by atoms with Crippen molar-refractivity contribution in [1.29, 1.82) is 0 Å². The maximum Gasteiger partial charge on any atom is 0.247 e. The standard InChI is InChI=1S/C18H19NOS/c1-13-4-3-5-15(12-13)6-7-18(20)19-10-8-17-16(14(19)2)9-11-21-17/h3-7,9,11-12,14H,8,10H2,1-2H3/b7-6+. The van der Waals surface area contributed by atoms with Gasteiger partial charge < -0.3 is 4.90 Å². The van der Waals surface area contributed by atoms with Crippen LogP contribution >= 0.6 is 11.3 Å². The topological polar surface area (TPSA) is 20.3 Å². The lowest BCUT2D eigenvalue weighted by Crippen LogP contribution is -2.37. The summed E-state index contributed by atoms with van der Waals surface area (Å²) in [7, 11) is 0. The van der Waals surface area contributed by atoms with Crippen LogP contribution in [0.4, 0.5) is 0 Å². The number of hydrogen-bond acceptors (Lipinski definition) is 2. The van der Waals surface area contributed by atoms with Crippen molar-refractivity contribution in [2.75, 3.05) is 6.54 Å². The van der Waals surface area contributed by atoms with Gasteiger partial charge in [-0.25, -0.2) is 0 Å². The van der Waals surface area contributed by atoms with Gasteiger partial charge in [-0.1, -0.05) is 29.8 Å². The Hall–Kier alpha value is -1.87. The Morgan fingerprint density at radius 3 is 3.05 bits per heavy atom. The van der Waals surface area contributed by atoms with E-state index in [0.717, 1.165) is 18.5 Å². The predicted molar refractivity (Wildman–Crippen MR) is 88.4 cm³/mol. The molecular formula is C18H19NOS. The van der Waals surface area contributed by atoms with Gasteiger partial charge in [0, 0.05) is 17.5 Å². The third-order valence-corrected chi connectivity index (χ3v) is 5.02. The molecule has 3 heteroatoms. The third-order valence-electron chi connectivity index (χ3n) is 4.02. The van der Waals surface area contributed by atoms with Crippen LogP contribution < -0.4 is 0 Å². The summed E-state index contributed by atoms with van der Waals surface area (Å²) in [5.74, 6) is 0.0980. The van der Waals surface area contributed by atoms with E-state index in [0.29, 0.717) is 0 Å². The minimum absolute atomic E-state index is 0.0980. The Morgan fingerprint density at radius 1 is 1.38 bits per heavy atom. The molecule has 2 nitrogen and oxygen atoms in total. The fraction of sp³-hybridized carbons (Fsp3) is 0.278. The van der Waals surface area contributed by atoms with Crippen LogP contribution in [-0.4, -0.2) is 17.4 Å². The van der Waals surface area contributed by atoms with E-state index in [-0.39, 0.29) is 11.9 Å². The minimum Gasteiger partial charge on any atom is -0.332 e. The number of nitrogens with zero attached hydrogens (tertiary/aromatic N) is 1. The van der Waals surface area contributed by atoms with Crippen molar-refractivity contribution in [3.8, 4) is 0 Å². The number of hydrogen-bond donors (Lipinski definition) is 0. The zero-order valence-electron chi connectivity index (χ0n) is 12.4. The second-order valence-electron chi connectivity index (χ2n) is 5.50. The third kappa shape index (κ3) is 2.93. The normalized spacial score (nSPS) is 18.0. The molecule has 21 heavy (non-hydrogen) atoms. The Bertz CT molecular complexity index is 686. The van der Waals surface area contributed by atoms with Crippen molar-refractivity contribution in [2.45, 2.75) is 26.3 Å². The Labute approximate surface area is 129 Å². The molecule has 1 aromatic heterocycles. The number of benzene rings is 1. The molecule has 2 heterocycles. The monoisotopic (exact) mass is 297 g/mol. The number of carbonyl (C=O) groups excluding carboxylic acids is 1. The molecule has 0 N–H and O–H groups in total. The first-order valence-corrected chi connectivity index (χ1v) is 8.15. The maximum absolute atomic E-state index is 12.4. The largest absolute Gasteiger partial charge is 0.332 e. The summed E-state index contributed by atoms with van der Waals surface area (Å²) in [6, 6.07) is 10.5. The van der Waals surface area contributed by atoms with Gasteiger partial charge in [0.1, 0.15) is 0 Å². The highest BCUT2D eigenvalue weighted by atomic mass is 32.1. The second kappa shape index (κ2) is 5.86. The molecule has 1 amide bonds. The van der Waals surface area contributed by atoms with Crippen molar-refractivity contribution in [1.82, 2.24) is 4.90 Å². The Kier molecular flexibility index (Phi) is 3.93. The van der Waals surface area contributed by atoms with Gasteiger partial charge >= 0.3 is 0 Å². The van der Waals surface area contributed by atoms with Crippen LogP contribution in [0, 0.1) is 6.92 Å². The summed E-state index contributed by atoms with van der Waals surface area (Å²) in [5, 5.41) is 2.12. The summed E-state index contributed by atoms with van der Waals surface area (Å²) < 4.78 is 0. The van der Waals surface area contributed by atoms with E-state index in [1.807, 2.05) is 23.1 Å². The van der Waals surface area contributed by atoms with Gasteiger partial charge in [-0.3, -0.25) is 4.79 Å². The van der Waals surface area contributed by atoms with E-state index in [2.05, 4.69) is 37.4 Å². The van der Waals surface area contributed by atoms with E-state index in [9.17, 15) is 4.79 Å². The second-order valence-corrected chi connectivity index (χ2v) is 6.50. The zero-order valence-corrected chi connectivity index (χ0v) is 13.2. The Morgan fingerprint density at radius 2 is 2.24 bits per heavy atom. The van der Waals surface area contributed by atoms with Crippen LogP contribution in [0.3, 0.4) is 0 Å². The summed E-state index contributed by atoms with van der Waals surface area (Å²) in [6.07, 6.45) is 4.58. The minimum atomic E-state index is 0.0980. The predicted octanol–water partition coefficient (Wildman–Crippen LogP) is 4.22. The van der Waals surface area contributed by atoms with Gasteiger partial charge in [0.05, 0.1) is 6.04 Å². The van der Waals surface area contributed by atoms with Crippen LogP contribution in [0.2, 0.25) is 0 Å². The molecule has 1 aliphatic rings. The number of rotatable bonds is 2. The first-order valence-electron chi connectivity index (χ1n) is 7.27. The maximum atomic E-state index is 12.4. The highest BCUT2D eigenvalue weighted by Crippen LogP contribution is 2.32. The lowest BCUT2D eigenvalue weighted by atomic mass is 10.0. The van der Waals surface area contributed by atoms with E-state index >= 15 is 0 Å². The molecule has 108 valence electrons. The van der Waals surface area contributed by atoms with Crippen molar-refractivity contribution in [3.05, 3.63) is 63.4 Å². The average Bonchev–Trinajstić information content (AvgIpc) is 2.95. The summed E-state index contributed by atoms with van der Waals surface area (Å²) in [5.41, 5.74) is 3.59. The van der Waals surface area contributed by atoms with Crippen molar-refractivity contribution >= 4 is 23.3 Å². The number of amides is 1. The van der Waals surface area contributed by atoms with Gasteiger partial charge in [0.15, 0.2) is 0 Å². The summed E-state index contributed by atoms with van der Waals surface area (Å²) in [6.45, 7) is 4.98. The van der Waals surface area contributed by atoms with E-state index in [1.165, 1.54) is 16.0 Å². The van der Waals surface area contributed by atoms with Crippen molar-refractivity contribution in [3.63, 3.8) is 0 Å². The van der Waals surface area contributed by atoms with Gasteiger partial charge in [-0.05, 0) is 48.9 Å². The fourth-order valence-corrected chi connectivity index (χ4v) is 3.81. The molecule has 2 aromatic rings. The number of carbonyl (C=O) groups is 1. The molecule has 0 bridgehead atoms. The zero-order chi connectivity index (χ0) is 14.8.